The van der Waals surface area contributed by atoms with Crippen molar-refractivity contribution >= 4 is 21.7 Å². The Morgan fingerprint density at radius 1 is 1.19 bits per heavy atom. The van der Waals surface area contributed by atoms with Crippen LogP contribution in [0.2, 0.25) is 0 Å². The van der Waals surface area contributed by atoms with Gasteiger partial charge in [-0.15, -0.1) is 0 Å². The van der Waals surface area contributed by atoms with E-state index in [1.54, 1.807) is 30.3 Å². The van der Waals surface area contributed by atoms with Crippen LogP contribution in [-0.2, 0) is 26.1 Å². The van der Waals surface area contributed by atoms with E-state index >= 15 is 0 Å². The summed E-state index contributed by atoms with van der Waals surface area (Å²) in [4.78, 5) is 15.8. The molecule has 3 rings (SSSR count). The van der Waals surface area contributed by atoms with Crippen LogP contribution in [0.3, 0.4) is 0 Å². The van der Waals surface area contributed by atoms with Gasteiger partial charge in [0.05, 0.1) is 0 Å². The van der Waals surface area contributed by atoms with Crippen molar-refractivity contribution in [2.24, 2.45) is 5.16 Å². The average Bonchev–Trinajstić information content (AvgIpc) is 3.26. The van der Waals surface area contributed by atoms with Gasteiger partial charge in [-0.05, 0) is 30.2 Å². The van der Waals surface area contributed by atoms with Crippen molar-refractivity contribution in [3.05, 3.63) is 65.6 Å². The first kappa shape index (κ1) is 25.1. The zero-order valence-corrected chi connectivity index (χ0v) is 17.9. The Labute approximate surface area is 182 Å². The standard InChI is InChI=1S/C18H15F3N2O6S.C2H6/c19-18(20,21)15-8-6-12(22-29-15)14-7-9-16(28-14)30(26,27)23-13(17(24)25)10-11-4-2-1-3-5-11;1-2/h1-5,7-9,13,23H,6,10H2,(H,24,25);1-2H3. The summed E-state index contributed by atoms with van der Waals surface area (Å²) in [6.07, 6.45) is -4.34. The second-order valence-electron chi connectivity index (χ2n) is 6.22. The van der Waals surface area contributed by atoms with Gasteiger partial charge in [0.1, 0.15) is 11.8 Å². The summed E-state index contributed by atoms with van der Waals surface area (Å²) in [7, 11) is -4.37. The molecular formula is C20H21F3N2O6S. The smallest absolute Gasteiger partial charge is 0.452 e. The molecule has 0 spiro atoms. The second-order valence-corrected chi connectivity index (χ2v) is 7.86. The molecule has 174 valence electrons. The number of halogens is 3. The number of furan rings is 1. The van der Waals surface area contributed by atoms with Crippen LogP contribution in [0, 0.1) is 0 Å². The molecular weight excluding hydrogens is 453 g/mol. The zero-order chi connectivity index (χ0) is 23.9. The van der Waals surface area contributed by atoms with Crippen LogP contribution in [0.4, 0.5) is 13.2 Å². The van der Waals surface area contributed by atoms with E-state index in [-0.39, 0.29) is 24.3 Å². The Hall–Kier alpha value is -3.12. The molecule has 0 radical (unpaired) electrons. The average molecular weight is 474 g/mol. The van der Waals surface area contributed by atoms with Crippen molar-refractivity contribution < 1.29 is 40.7 Å². The van der Waals surface area contributed by atoms with Crippen molar-refractivity contribution in [2.45, 2.75) is 44.0 Å². The quantitative estimate of drug-likeness (QED) is 0.629. The number of hydrogen-bond donors (Lipinski definition) is 2. The molecule has 0 bridgehead atoms. The Morgan fingerprint density at radius 2 is 1.84 bits per heavy atom. The zero-order valence-electron chi connectivity index (χ0n) is 17.1. The van der Waals surface area contributed by atoms with Crippen LogP contribution in [-0.4, -0.2) is 37.4 Å². The first-order valence-electron chi connectivity index (χ1n) is 9.47. The molecule has 1 atom stereocenters. The van der Waals surface area contributed by atoms with Crippen LogP contribution >= 0.6 is 0 Å². The molecule has 8 nitrogen and oxygen atoms in total. The van der Waals surface area contributed by atoms with Crippen molar-refractivity contribution in [1.29, 1.82) is 0 Å². The number of sulfonamides is 1. The van der Waals surface area contributed by atoms with Crippen molar-refractivity contribution in [1.82, 2.24) is 4.72 Å². The maximum atomic E-state index is 12.6. The third-order valence-electron chi connectivity index (χ3n) is 4.02. The molecule has 0 fully saturated rings. The van der Waals surface area contributed by atoms with Gasteiger partial charge in [-0.2, -0.15) is 17.9 Å². The Bertz CT molecular complexity index is 1090. The molecule has 1 aliphatic heterocycles. The number of oxime groups is 1. The molecule has 1 aliphatic rings. The highest BCUT2D eigenvalue weighted by atomic mass is 32.2. The van der Waals surface area contributed by atoms with E-state index in [9.17, 15) is 31.5 Å². The predicted molar refractivity (Wildman–Crippen MR) is 108 cm³/mol. The summed E-state index contributed by atoms with van der Waals surface area (Å²) in [6, 6.07) is 9.19. The molecule has 2 N–H and O–H groups in total. The van der Waals surface area contributed by atoms with Gasteiger partial charge in [-0.3, -0.25) is 4.79 Å². The number of hydrogen-bond acceptors (Lipinski definition) is 6. The fraction of sp³-hybridized carbons (Fsp3) is 0.300. The summed E-state index contributed by atoms with van der Waals surface area (Å²) in [5, 5.41) is 12.1. The minimum atomic E-state index is -4.69. The molecule has 1 unspecified atom stereocenters. The molecule has 0 aliphatic carbocycles. The van der Waals surface area contributed by atoms with E-state index in [4.69, 9.17) is 4.42 Å². The van der Waals surface area contributed by atoms with E-state index in [1.807, 2.05) is 18.6 Å². The molecule has 0 amide bonds. The minimum Gasteiger partial charge on any atom is -0.480 e. The Balaban J connectivity index is 0.00000176. The lowest BCUT2D eigenvalue weighted by Gasteiger charge is -2.14. The van der Waals surface area contributed by atoms with Gasteiger partial charge in [-0.25, -0.2) is 8.42 Å². The van der Waals surface area contributed by atoms with Crippen LogP contribution in [0.15, 0.2) is 69.0 Å². The number of rotatable bonds is 7. The number of alkyl halides is 3. The van der Waals surface area contributed by atoms with Gasteiger partial charge in [0, 0.05) is 6.42 Å². The predicted octanol–water partition coefficient (Wildman–Crippen LogP) is 3.85. The number of carbonyl (C=O) groups is 1. The van der Waals surface area contributed by atoms with E-state index < -0.39 is 39.1 Å². The topological polar surface area (TPSA) is 118 Å². The highest BCUT2D eigenvalue weighted by molar-refractivity contribution is 7.89. The highest BCUT2D eigenvalue weighted by Crippen LogP contribution is 2.30. The molecule has 32 heavy (non-hydrogen) atoms. The second kappa shape index (κ2) is 10.5. The van der Waals surface area contributed by atoms with Gasteiger partial charge < -0.3 is 14.4 Å². The van der Waals surface area contributed by atoms with E-state index in [1.165, 1.54) is 6.07 Å². The minimum absolute atomic E-state index is 0.0523. The largest absolute Gasteiger partial charge is 0.480 e. The van der Waals surface area contributed by atoms with E-state index in [2.05, 4.69) is 9.99 Å². The van der Waals surface area contributed by atoms with Crippen molar-refractivity contribution in [3.8, 4) is 0 Å². The molecule has 12 heteroatoms. The summed E-state index contributed by atoms with van der Waals surface area (Å²) >= 11 is 0. The van der Waals surface area contributed by atoms with Crippen LogP contribution < -0.4 is 4.72 Å². The Morgan fingerprint density at radius 3 is 2.38 bits per heavy atom. The molecule has 2 aromatic rings. The molecule has 1 aromatic carbocycles. The summed E-state index contributed by atoms with van der Waals surface area (Å²) < 4.78 is 69.9. The van der Waals surface area contributed by atoms with Gasteiger partial charge in [0.15, 0.2) is 5.76 Å². The lowest BCUT2D eigenvalue weighted by molar-refractivity contribution is -0.139. The third-order valence-corrected chi connectivity index (χ3v) is 5.37. The van der Waals surface area contributed by atoms with Crippen LogP contribution in [0.5, 0.6) is 0 Å². The maximum absolute atomic E-state index is 12.6. The fourth-order valence-electron chi connectivity index (χ4n) is 2.58. The molecule has 1 aromatic heterocycles. The number of carboxylic acid groups (broad SMARTS) is 1. The number of allylic oxidation sites excluding steroid dienone is 2. The first-order chi connectivity index (χ1) is 15.1. The first-order valence-corrected chi connectivity index (χ1v) is 10.9. The SMILES string of the molecule is CC.O=C(O)C(Cc1ccccc1)NS(=O)(=O)c1ccc(C2=NOC(C(F)(F)F)=CC2)o1. The summed E-state index contributed by atoms with van der Waals surface area (Å²) in [6.45, 7) is 4.00. The summed E-state index contributed by atoms with van der Waals surface area (Å²) in [5.41, 5.74) is 0.553. The summed E-state index contributed by atoms with van der Waals surface area (Å²) in [5.74, 6) is -2.79. The molecule has 2 heterocycles. The fourth-order valence-corrected chi connectivity index (χ4v) is 3.70. The molecule has 0 saturated carbocycles. The third kappa shape index (κ3) is 6.44. The Kier molecular flexibility index (Phi) is 8.22. The van der Waals surface area contributed by atoms with Gasteiger partial charge in [0.2, 0.25) is 10.9 Å². The van der Waals surface area contributed by atoms with Crippen LogP contribution in [0.1, 0.15) is 31.6 Å². The number of aliphatic carboxylic acids is 1. The number of carboxylic acids is 1. The van der Waals surface area contributed by atoms with Crippen molar-refractivity contribution in [3.63, 3.8) is 0 Å². The van der Waals surface area contributed by atoms with Gasteiger partial charge in [-0.1, -0.05) is 49.3 Å². The van der Waals surface area contributed by atoms with Gasteiger partial charge >= 0.3 is 12.1 Å². The monoisotopic (exact) mass is 474 g/mol. The normalized spacial score (nSPS) is 14.9. The van der Waals surface area contributed by atoms with E-state index in [0.29, 0.717) is 5.56 Å². The highest BCUT2D eigenvalue weighted by Gasteiger charge is 2.38. The van der Waals surface area contributed by atoms with E-state index in [0.717, 1.165) is 12.1 Å². The number of benzene rings is 1. The lowest BCUT2D eigenvalue weighted by Crippen LogP contribution is -2.42. The van der Waals surface area contributed by atoms with Crippen molar-refractivity contribution in [2.75, 3.05) is 0 Å². The molecule has 0 saturated heterocycles. The number of nitrogens with zero attached hydrogens (tertiary/aromatic N) is 1. The number of nitrogens with one attached hydrogen (secondary N) is 1. The lowest BCUT2D eigenvalue weighted by atomic mass is 10.1. The van der Waals surface area contributed by atoms with Crippen LogP contribution in [0.25, 0.3) is 0 Å². The maximum Gasteiger partial charge on any atom is 0.452 e. The van der Waals surface area contributed by atoms with Gasteiger partial charge in [0.25, 0.3) is 10.0 Å².